The van der Waals surface area contributed by atoms with Gasteiger partial charge in [0.05, 0.1) is 0 Å². The SMILES string of the molecule is CSc1nnc(SCCCCCCCl)s1. The highest BCUT2D eigenvalue weighted by molar-refractivity contribution is 8.02. The molecule has 0 aliphatic carbocycles. The first-order valence-corrected chi connectivity index (χ1v) is 8.49. The Hall–Kier alpha value is 0.550. The zero-order chi connectivity index (χ0) is 10.9. The average molecular weight is 283 g/mol. The Labute approximate surface area is 109 Å². The lowest BCUT2D eigenvalue weighted by atomic mass is 10.2. The van der Waals surface area contributed by atoms with E-state index < -0.39 is 0 Å². The maximum absolute atomic E-state index is 5.60. The fourth-order valence-corrected chi connectivity index (χ4v) is 3.74. The van der Waals surface area contributed by atoms with Crippen molar-refractivity contribution >= 4 is 46.5 Å². The summed E-state index contributed by atoms with van der Waals surface area (Å²) in [6.45, 7) is 0. The van der Waals surface area contributed by atoms with Crippen LogP contribution in [0.3, 0.4) is 0 Å². The minimum atomic E-state index is 0.792. The van der Waals surface area contributed by atoms with Crippen LogP contribution < -0.4 is 0 Å². The van der Waals surface area contributed by atoms with E-state index in [9.17, 15) is 0 Å². The highest BCUT2D eigenvalue weighted by Gasteiger charge is 2.02. The van der Waals surface area contributed by atoms with E-state index in [0.29, 0.717) is 0 Å². The molecule has 0 N–H and O–H groups in total. The van der Waals surface area contributed by atoms with Gasteiger partial charge in [0, 0.05) is 11.6 Å². The van der Waals surface area contributed by atoms with Gasteiger partial charge in [-0.2, -0.15) is 0 Å². The van der Waals surface area contributed by atoms with Gasteiger partial charge in [0.1, 0.15) is 0 Å². The van der Waals surface area contributed by atoms with E-state index >= 15 is 0 Å². The number of thioether (sulfide) groups is 2. The third kappa shape index (κ3) is 6.00. The minimum Gasteiger partial charge on any atom is -0.131 e. The van der Waals surface area contributed by atoms with E-state index in [-0.39, 0.29) is 0 Å². The molecule has 86 valence electrons. The predicted molar refractivity (Wildman–Crippen MR) is 71.6 cm³/mol. The van der Waals surface area contributed by atoms with Crippen molar-refractivity contribution in [3.63, 3.8) is 0 Å². The number of hydrogen-bond donors (Lipinski definition) is 0. The fourth-order valence-electron chi connectivity index (χ4n) is 1.05. The molecule has 1 rings (SSSR count). The lowest BCUT2D eigenvalue weighted by molar-refractivity contribution is 0.709. The summed E-state index contributed by atoms with van der Waals surface area (Å²) in [5.41, 5.74) is 0. The van der Waals surface area contributed by atoms with Crippen molar-refractivity contribution in [1.82, 2.24) is 10.2 Å². The van der Waals surface area contributed by atoms with E-state index in [1.165, 1.54) is 19.3 Å². The van der Waals surface area contributed by atoms with Gasteiger partial charge in [-0.05, 0) is 19.1 Å². The Balaban J connectivity index is 2.04. The zero-order valence-corrected chi connectivity index (χ0v) is 11.9. The topological polar surface area (TPSA) is 25.8 Å². The van der Waals surface area contributed by atoms with Crippen molar-refractivity contribution in [2.24, 2.45) is 0 Å². The molecule has 2 nitrogen and oxygen atoms in total. The molecule has 0 bridgehead atoms. The highest BCUT2D eigenvalue weighted by atomic mass is 35.5. The third-order valence-electron chi connectivity index (χ3n) is 1.82. The molecule has 0 radical (unpaired) electrons. The number of halogens is 1. The molecule has 0 fully saturated rings. The van der Waals surface area contributed by atoms with Crippen LogP contribution in [0.1, 0.15) is 25.7 Å². The molecule has 6 heteroatoms. The van der Waals surface area contributed by atoms with Gasteiger partial charge in [-0.15, -0.1) is 21.8 Å². The lowest BCUT2D eigenvalue weighted by Crippen LogP contribution is -1.82. The molecule has 1 heterocycles. The molecule has 0 saturated carbocycles. The summed E-state index contributed by atoms with van der Waals surface area (Å²) in [7, 11) is 0. The maximum Gasteiger partial charge on any atom is 0.175 e. The van der Waals surface area contributed by atoms with Crippen LogP contribution in [0.15, 0.2) is 8.68 Å². The van der Waals surface area contributed by atoms with Gasteiger partial charge in [-0.1, -0.05) is 47.7 Å². The van der Waals surface area contributed by atoms with Crippen LogP contribution in [0.25, 0.3) is 0 Å². The molecule has 0 aromatic carbocycles. The fraction of sp³-hybridized carbons (Fsp3) is 0.778. The smallest absolute Gasteiger partial charge is 0.131 e. The number of alkyl halides is 1. The second-order valence-corrected chi connectivity index (χ2v) is 6.74. The maximum atomic E-state index is 5.60. The van der Waals surface area contributed by atoms with Gasteiger partial charge < -0.3 is 0 Å². The van der Waals surface area contributed by atoms with Crippen LogP contribution in [-0.2, 0) is 0 Å². The molecule has 1 aromatic heterocycles. The van der Waals surface area contributed by atoms with Crippen molar-refractivity contribution in [1.29, 1.82) is 0 Å². The van der Waals surface area contributed by atoms with Gasteiger partial charge in [0.15, 0.2) is 8.68 Å². The standard InChI is InChI=1S/C9H15ClN2S3/c1-13-8-11-12-9(15-8)14-7-5-3-2-4-6-10/h2-7H2,1H3. The van der Waals surface area contributed by atoms with Gasteiger partial charge in [0.2, 0.25) is 0 Å². The van der Waals surface area contributed by atoms with E-state index in [1.807, 2.05) is 18.0 Å². The summed E-state index contributed by atoms with van der Waals surface area (Å²) in [4.78, 5) is 0. The van der Waals surface area contributed by atoms with E-state index in [2.05, 4.69) is 10.2 Å². The Kier molecular flexibility index (Phi) is 7.87. The summed E-state index contributed by atoms with van der Waals surface area (Å²) in [5.74, 6) is 1.94. The van der Waals surface area contributed by atoms with Gasteiger partial charge in [-0.25, -0.2) is 0 Å². The number of hydrogen-bond acceptors (Lipinski definition) is 5. The molecule has 0 spiro atoms. The third-order valence-corrected chi connectivity index (χ3v) is 5.20. The summed E-state index contributed by atoms with van der Waals surface area (Å²) >= 11 is 10.8. The van der Waals surface area contributed by atoms with Crippen LogP contribution in [0, 0.1) is 0 Å². The molecule has 15 heavy (non-hydrogen) atoms. The summed E-state index contributed by atoms with van der Waals surface area (Å²) < 4.78 is 2.15. The molecule has 0 aliphatic heterocycles. The average Bonchev–Trinajstić information content (AvgIpc) is 2.71. The van der Waals surface area contributed by atoms with Gasteiger partial charge >= 0.3 is 0 Å². The van der Waals surface area contributed by atoms with E-state index in [0.717, 1.165) is 26.7 Å². The molecular weight excluding hydrogens is 268 g/mol. The second-order valence-electron chi connectivity index (χ2n) is 2.99. The van der Waals surface area contributed by atoms with Crippen LogP contribution >= 0.6 is 46.5 Å². The molecule has 0 saturated heterocycles. The van der Waals surface area contributed by atoms with Crippen LogP contribution in [0.4, 0.5) is 0 Å². The van der Waals surface area contributed by atoms with Crippen LogP contribution in [-0.4, -0.2) is 28.1 Å². The predicted octanol–water partition coefficient (Wildman–Crippen LogP) is 4.15. The van der Waals surface area contributed by atoms with Crippen LogP contribution in [0.5, 0.6) is 0 Å². The Morgan fingerprint density at radius 2 is 1.87 bits per heavy atom. The highest BCUT2D eigenvalue weighted by Crippen LogP contribution is 2.27. The normalized spacial score (nSPS) is 10.8. The minimum absolute atomic E-state index is 0.792. The molecule has 0 unspecified atom stereocenters. The monoisotopic (exact) mass is 282 g/mol. The number of rotatable bonds is 8. The molecule has 0 aliphatic rings. The van der Waals surface area contributed by atoms with Crippen molar-refractivity contribution in [3.05, 3.63) is 0 Å². The zero-order valence-electron chi connectivity index (χ0n) is 8.74. The quantitative estimate of drug-likeness (QED) is 0.406. The number of unbranched alkanes of at least 4 members (excludes halogenated alkanes) is 3. The Morgan fingerprint density at radius 3 is 2.53 bits per heavy atom. The van der Waals surface area contributed by atoms with Gasteiger partial charge in [-0.3, -0.25) is 0 Å². The summed E-state index contributed by atoms with van der Waals surface area (Å²) in [6, 6.07) is 0. The summed E-state index contributed by atoms with van der Waals surface area (Å²) in [6.07, 6.45) is 6.93. The number of nitrogens with zero attached hydrogens (tertiary/aromatic N) is 2. The van der Waals surface area contributed by atoms with Gasteiger partial charge in [0.25, 0.3) is 0 Å². The molecule has 0 atom stereocenters. The van der Waals surface area contributed by atoms with E-state index in [4.69, 9.17) is 11.6 Å². The Bertz CT molecular complexity index is 268. The van der Waals surface area contributed by atoms with Crippen molar-refractivity contribution in [2.45, 2.75) is 34.4 Å². The summed E-state index contributed by atoms with van der Waals surface area (Å²) in [5, 5.41) is 8.17. The van der Waals surface area contributed by atoms with E-state index in [1.54, 1.807) is 23.1 Å². The van der Waals surface area contributed by atoms with Crippen molar-refractivity contribution < 1.29 is 0 Å². The first-order valence-electron chi connectivity index (χ1n) is 4.93. The molecule has 0 amide bonds. The largest absolute Gasteiger partial charge is 0.175 e. The van der Waals surface area contributed by atoms with Crippen molar-refractivity contribution in [2.75, 3.05) is 17.9 Å². The van der Waals surface area contributed by atoms with Crippen molar-refractivity contribution in [3.8, 4) is 0 Å². The molecular formula is C9H15ClN2S3. The molecule has 1 aromatic rings. The number of aromatic nitrogens is 2. The van der Waals surface area contributed by atoms with Crippen LogP contribution in [0.2, 0.25) is 0 Å². The Morgan fingerprint density at radius 1 is 1.13 bits per heavy atom. The first kappa shape index (κ1) is 13.6. The first-order chi connectivity index (χ1) is 7.36. The second kappa shape index (κ2) is 8.67. The lowest BCUT2D eigenvalue weighted by Gasteiger charge is -1.97.